The lowest BCUT2D eigenvalue weighted by molar-refractivity contribution is -0.162. The summed E-state index contributed by atoms with van der Waals surface area (Å²) < 4.78 is 5.48. The van der Waals surface area contributed by atoms with Gasteiger partial charge in [0.15, 0.2) is 0 Å². The van der Waals surface area contributed by atoms with Gasteiger partial charge >= 0.3 is 11.9 Å². The summed E-state index contributed by atoms with van der Waals surface area (Å²) in [5.74, 6) is -2.62. The van der Waals surface area contributed by atoms with Gasteiger partial charge in [-0.1, -0.05) is 18.2 Å². The second kappa shape index (κ2) is 5.31. The second-order valence-electron chi connectivity index (χ2n) is 5.70. The predicted molar refractivity (Wildman–Crippen MR) is 74.1 cm³/mol. The number of carbonyl (C=O) groups excluding carboxylic acids is 1. The van der Waals surface area contributed by atoms with E-state index in [1.807, 2.05) is 18.2 Å². The number of carboxylic acid groups (broad SMARTS) is 1. The van der Waals surface area contributed by atoms with E-state index in [1.165, 1.54) is 0 Å². The molecule has 0 unspecified atom stereocenters. The van der Waals surface area contributed by atoms with Gasteiger partial charge in [-0.3, -0.25) is 14.6 Å². The Hall–Kier alpha value is -2.17. The van der Waals surface area contributed by atoms with Crippen molar-refractivity contribution in [2.45, 2.75) is 19.4 Å². The van der Waals surface area contributed by atoms with Gasteiger partial charge in [-0.25, -0.2) is 0 Å². The Kier molecular flexibility index (Phi) is 3.49. The average Bonchev–Trinajstić information content (AvgIpc) is 3.08. The number of fused-ring (bicyclic) bond motifs is 2. The minimum Gasteiger partial charge on any atom is -0.481 e. The van der Waals surface area contributed by atoms with Crippen LogP contribution in [0.5, 0.6) is 0 Å². The van der Waals surface area contributed by atoms with Crippen LogP contribution in [0.1, 0.15) is 25.0 Å². The average molecular weight is 287 g/mol. The largest absolute Gasteiger partial charge is 0.481 e. The number of esters is 1. The summed E-state index contributed by atoms with van der Waals surface area (Å²) in [6.07, 6.45) is 7.47. The Labute approximate surface area is 122 Å². The normalized spacial score (nSPS) is 31.1. The summed E-state index contributed by atoms with van der Waals surface area (Å²) in [6.45, 7) is 1.77. The molecule has 0 amide bonds. The van der Waals surface area contributed by atoms with Crippen LogP contribution >= 0.6 is 0 Å². The van der Waals surface area contributed by atoms with Crippen molar-refractivity contribution in [3.63, 3.8) is 0 Å². The Morgan fingerprint density at radius 3 is 2.67 bits per heavy atom. The standard InChI is InChI=1S/C16H17NO4/c1-9(12-3-2-6-17-8-12)21-16(20)14-11-5-4-10(7-11)13(14)15(18)19/h2-6,8-11,13-14H,7H2,1H3,(H,18,19)/t9-,10+,11+,13+,14+/m1/s1. The van der Waals surface area contributed by atoms with Crippen LogP contribution in [-0.4, -0.2) is 22.0 Å². The Morgan fingerprint density at radius 2 is 2.05 bits per heavy atom. The Balaban J connectivity index is 1.73. The van der Waals surface area contributed by atoms with Gasteiger partial charge in [0, 0.05) is 18.0 Å². The van der Waals surface area contributed by atoms with Gasteiger partial charge in [-0.05, 0) is 31.2 Å². The minimum atomic E-state index is -0.914. The topological polar surface area (TPSA) is 76.5 Å². The van der Waals surface area contributed by atoms with E-state index in [4.69, 9.17) is 4.74 Å². The molecule has 0 aromatic carbocycles. The fourth-order valence-corrected chi connectivity index (χ4v) is 3.42. The van der Waals surface area contributed by atoms with E-state index < -0.39 is 29.9 Å². The highest BCUT2D eigenvalue weighted by Gasteiger charge is 2.52. The molecule has 5 nitrogen and oxygen atoms in total. The molecule has 2 bridgehead atoms. The zero-order valence-corrected chi connectivity index (χ0v) is 11.7. The van der Waals surface area contributed by atoms with Gasteiger partial charge < -0.3 is 9.84 Å². The summed E-state index contributed by atoms with van der Waals surface area (Å²) in [5, 5.41) is 9.35. The van der Waals surface area contributed by atoms with Crippen molar-refractivity contribution in [1.82, 2.24) is 4.98 Å². The maximum absolute atomic E-state index is 12.4. The summed E-state index contributed by atoms with van der Waals surface area (Å²) in [5.41, 5.74) is 0.802. The van der Waals surface area contributed by atoms with Gasteiger partial charge in [0.1, 0.15) is 6.10 Å². The number of rotatable bonds is 4. The highest BCUT2D eigenvalue weighted by molar-refractivity contribution is 5.83. The summed E-state index contributed by atoms with van der Waals surface area (Å²) >= 11 is 0. The van der Waals surface area contributed by atoms with Gasteiger partial charge in [-0.15, -0.1) is 0 Å². The molecule has 110 valence electrons. The minimum absolute atomic E-state index is 0.00954. The van der Waals surface area contributed by atoms with Gasteiger partial charge in [0.2, 0.25) is 0 Å². The molecule has 0 spiro atoms. The highest BCUT2D eigenvalue weighted by atomic mass is 16.5. The van der Waals surface area contributed by atoms with E-state index in [1.54, 1.807) is 25.4 Å². The van der Waals surface area contributed by atoms with Crippen molar-refractivity contribution in [3.8, 4) is 0 Å². The highest BCUT2D eigenvalue weighted by Crippen LogP contribution is 2.48. The van der Waals surface area contributed by atoms with Crippen LogP contribution in [0.25, 0.3) is 0 Å². The van der Waals surface area contributed by atoms with Gasteiger partial charge in [0.05, 0.1) is 11.8 Å². The van der Waals surface area contributed by atoms with Crippen LogP contribution in [0.2, 0.25) is 0 Å². The van der Waals surface area contributed by atoms with Crippen molar-refractivity contribution in [2.24, 2.45) is 23.7 Å². The van der Waals surface area contributed by atoms with E-state index in [0.29, 0.717) is 0 Å². The molecule has 1 fully saturated rings. The zero-order valence-electron chi connectivity index (χ0n) is 11.7. The number of carboxylic acids is 1. The van der Waals surface area contributed by atoms with Crippen molar-refractivity contribution in [3.05, 3.63) is 42.2 Å². The van der Waals surface area contributed by atoms with Crippen LogP contribution in [0.15, 0.2) is 36.7 Å². The third kappa shape index (κ3) is 2.44. The third-order valence-electron chi connectivity index (χ3n) is 4.46. The van der Waals surface area contributed by atoms with Gasteiger partial charge in [-0.2, -0.15) is 0 Å². The molecule has 1 heterocycles. The summed E-state index contributed by atoms with van der Waals surface area (Å²) in [6, 6.07) is 3.61. The number of ether oxygens (including phenoxy) is 1. The molecule has 5 heteroatoms. The van der Waals surface area contributed by atoms with Crippen molar-refractivity contribution < 1.29 is 19.4 Å². The van der Waals surface area contributed by atoms with Crippen molar-refractivity contribution in [2.75, 3.05) is 0 Å². The molecule has 2 aliphatic rings. The number of allylic oxidation sites excluding steroid dienone is 2. The van der Waals surface area contributed by atoms with Crippen molar-refractivity contribution >= 4 is 11.9 Å². The lowest BCUT2D eigenvalue weighted by Gasteiger charge is -2.24. The molecular formula is C16H17NO4. The first-order chi connectivity index (χ1) is 10.1. The maximum atomic E-state index is 12.4. The lowest BCUT2D eigenvalue weighted by atomic mass is 9.83. The number of hydrogen-bond donors (Lipinski definition) is 1. The second-order valence-corrected chi connectivity index (χ2v) is 5.70. The molecular weight excluding hydrogens is 270 g/mol. The smallest absolute Gasteiger partial charge is 0.311 e. The van der Waals surface area contributed by atoms with E-state index in [2.05, 4.69) is 4.98 Å². The maximum Gasteiger partial charge on any atom is 0.311 e. The molecule has 1 N–H and O–H groups in total. The molecule has 1 aromatic heterocycles. The van der Waals surface area contributed by atoms with E-state index in [9.17, 15) is 14.7 Å². The van der Waals surface area contributed by atoms with E-state index in [-0.39, 0.29) is 11.8 Å². The van der Waals surface area contributed by atoms with Crippen molar-refractivity contribution in [1.29, 1.82) is 0 Å². The molecule has 21 heavy (non-hydrogen) atoms. The zero-order chi connectivity index (χ0) is 15.0. The first-order valence-electron chi connectivity index (χ1n) is 7.09. The molecule has 0 aliphatic heterocycles. The Morgan fingerprint density at radius 1 is 1.33 bits per heavy atom. The fourth-order valence-electron chi connectivity index (χ4n) is 3.42. The monoisotopic (exact) mass is 287 g/mol. The number of nitrogens with zero attached hydrogens (tertiary/aromatic N) is 1. The SMILES string of the molecule is C[C@@H](OC(=O)[C@@H]1[C@@H](C(=O)O)[C@H]2C=C[C@H]1C2)c1cccnc1. The number of carbonyl (C=O) groups is 2. The molecule has 0 saturated heterocycles. The molecule has 0 radical (unpaired) electrons. The number of pyridine rings is 1. The quantitative estimate of drug-likeness (QED) is 0.678. The number of hydrogen-bond acceptors (Lipinski definition) is 4. The Bertz CT molecular complexity index is 583. The molecule has 1 saturated carbocycles. The van der Waals surface area contributed by atoms with Crippen LogP contribution in [0, 0.1) is 23.7 Å². The summed E-state index contributed by atoms with van der Waals surface area (Å²) in [7, 11) is 0. The predicted octanol–water partition coefficient (Wildman–Crippen LogP) is 2.21. The van der Waals surface area contributed by atoms with Crippen LogP contribution in [0.3, 0.4) is 0 Å². The third-order valence-corrected chi connectivity index (χ3v) is 4.46. The van der Waals surface area contributed by atoms with E-state index >= 15 is 0 Å². The lowest BCUT2D eigenvalue weighted by Crippen LogP contribution is -2.34. The van der Waals surface area contributed by atoms with Crippen LogP contribution in [0.4, 0.5) is 0 Å². The fraction of sp³-hybridized carbons (Fsp3) is 0.438. The number of aromatic nitrogens is 1. The first-order valence-corrected chi connectivity index (χ1v) is 7.09. The van der Waals surface area contributed by atoms with Crippen LogP contribution in [-0.2, 0) is 14.3 Å². The first kappa shape index (κ1) is 13.8. The van der Waals surface area contributed by atoms with Gasteiger partial charge in [0.25, 0.3) is 0 Å². The molecule has 2 aliphatic carbocycles. The number of aliphatic carboxylic acids is 1. The van der Waals surface area contributed by atoms with Crippen LogP contribution < -0.4 is 0 Å². The summed E-state index contributed by atoms with van der Waals surface area (Å²) in [4.78, 5) is 27.8. The molecule has 3 rings (SSSR count). The molecule has 1 aromatic rings. The molecule has 5 atom stereocenters. The van der Waals surface area contributed by atoms with E-state index in [0.717, 1.165) is 12.0 Å².